The summed E-state index contributed by atoms with van der Waals surface area (Å²) in [6, 6.07) is 0. The molecule has 0 atom stereocenters. The summed E-state index contributed by atoms with van der Waals surface area (Å²) in [5.41, 5.74) is 0. The maximum Gasteiger partial charge on any atom is 0.229 e. The van der Waals surface area contributed by atoms with Crippen molar-refractivity contribution in [3.8, 4) is 0 Å². The molecule has 0 radical (unpaired) electrons. The summed E-state index contributed by atoms with van der Waals surface area (Å²) in [5, 5.41) is 7.57. The van der Waals surface area contributed by atoms with E-state index < -0.39 is 0 Å². The summed E-state index contributed by atoms with van der Waals surface area (Å²) in [6.07, 6.45) is 1.58. The van der Waals surface area contributed by atoms with Crippen LogP contribution in [-0.4, -0.2) is 60.5 Å². The molecule has 0 aromatic heterocycles. The Balaban J connectivity index is 0. The van der Waals surface area contributed by atoms with Gasteiger partial charge >= 0.3 is 0 Å². The first-order chi connectivity index (χ1) is 10.6. The van der Waals surface area contributed by atoms with E-state index in [9.17, 15) is 9.59 Å². The first kappa shape index (κ1) is 23.6. The van der Waals surface area contributed by atoms with Crippen LogP contribution in [-0.2, 0) is 18.5 Å². The highest BCUT2D eigenvalue weighted by Gasteiger charge is 2.27. The molecule has 7 heteroatoms. The van der Waals surface area contributed by atoms with E-state index in [1.54, 1.807) is 6.92 Å². The molecule has 6 nitrogen and oxygen atoms in total. The van der Waals surface area contributed by atoms with Crippen LogP contribution in [0.15, 0.2) is 0 Å². The summed E-state index contributed by atoms with van der Waals surface area (Å²) >= 11 is 1.39. The van der Waals surface area contributed by atoms with Gasteiger partial charge < -0.3 is 14.0 Å². The number of rotatable bonds is 8. The van der Waals surface area contributed by atoms with Gasteiger partial charge in [-0.1, -0.05) is 0 Å². The van der Waals surface area contributed by atoms with Gasteiger partial charge in [-0.05, 0) is 46.2 Å². The molecule has 1 rings (SSSR count). The second kappa shape index (κ2) is 18.4. The average Bonchev–Trinajstić information content (AvgIpc) is 2.81. The average molecular weight is 337 g/mol. The number of ether oxygens (including phenoxy) is 1. The predicted molar refractivity (Wildman–Crippen MR) is 89.6 cm³/mol. The highest BCUT2D eigenvalue weighted by atomic mass is 32.2. The van der Waals surface area contributed by atoms with Gasteiger partial charge in [-0.15, -0.1) is 0 Å². The topological polar surface area (TPSA) is 76.1 Å². The molecular weight excluding hydrogens is 306 g/mol. The molecule has 0 saturated carbocycles. The molecule has 0 spiro atoms. The molecule has 1 N–H and O–H groups in total. The lowest BCUT2D eigenvalue weighted by molar-refractivity contribution is -0.138. The van der Waals surface area contributed by atoms with Crippen molar-refractivity contribution in [1.82, 2.24) is 4.90 Å². The Labute approximate surface area is 138 Å². The van der Waals surface area contributed by atoms with Gasteiger partial charge in [0.1, 0.15) is 0 Å². The van der Waals surface area contributed by atoms with Crippen molar-refractivity contribution in [3.63, 3.8) is 0 Å². The molecule has 132 valence electrons. The number of imide groups is 1. The number of hydrogen-bond acceptors (Lipinski definition) is 6. The summed E-state index contributed by atoms with van der Waals surface area (Å²) in [6.45, 7) is 10.8. The Morgan fingerprint density at radius 1 is 1.05 bits per heavy atom. The number of amides is 2. The monoisotopic (exact) mass is 337 g/mol. The van der Waals surface area contributed by atoms with Gasteiger partial charge in [-0.2, -0.15) is 0 Å². The first-order valence-corrected chi connectivity index (χ1v) is 8.76. The van der Waals surface area contributed by atoms with E-state index in [-0.39, 0.29) is 18.4 Å². The van der Waals surface area contributed by atoms with Crippen molar-refractivity contribution < 1.29 is 23.6 Å². The minimum atomic E-state index is -0.0311. The van der Waals surface area contributed by atoms with E-state index in [4.69, 9.17) is 14.0 Å². The molecule has 1 aliphatic heterocycles. The van der Waals surface area contributed by atoms with Crippen molar-refractivity contribution in [3.05, 3.63) is 0 Å². The minimum Gasteiger partial charge on any atom is -0.397 e. The third kappa shape index (κ3) is 14.3. The van der Waals surface area contributed by atoms with Gasteiger partial charge in [-0.25, -0.2) is 0 Å². The zero-order valence-corrected chi connectivity index (χ0v) is 15.1. The lowest BCUT2D eigenvalue weighted by Gasteiger charge is -2.12. The molecule has 0 unspecified atom stereocenters. The fourth-order valence-electron chi connectivity index (χ4n) is 1.50. The summed E-state index contributed by atoms with van der Waals surface area (Å²) < 4.78 is 9.91. The van der Waals surface area contributed by atoms with Crippen LogP contribution >= 0.6 is 12.0 Å². The number of nitrogens with zero attached hydrogens (tertiary/aromatic N) is 1. The van der Waals surface area contributed by atoms with Gasteiger partial charge in [0.25, 0.3) is 0 Å². The smallest absolute Gasteiger partial charge is 0.229 e. The van der Waals surface area contributed by atoms with Crippen molar-refractivity contribution in [1.29, 1.82) is 0 Å². The standard InChI is InChI=1S/C9H15NO3S.C4H10O.C2H6O/c1-2-13-14-7-3-6-10-8(11)4-5-9(10)12;1-3-5-4-2;1-2-3/h2-7H2,1H3;3-4H2,1-2H3;3H,2H2,1H3. The number of hydrogen-bond donors (Lipinski definition) is 1. The van der Waals surface area contributed by atoms with E-state index in [0.717, 1.165) is 25.4 Å². The number of aliphatic hydroxyl groups is 1. The predicted octanol–water partition coefficient (Wildman–Crippen LogP) is 2.25. The lowest BCUT2D eigenvalue weighted by Crippen LogP contribution is -2.30. The number of carbonyl (C=O) groups excluding carboxylic acids is 2. The highest BCUT2D eigenvalue weighted by Crippen LogP contribution is 2.13. The van der Waals surface area contributed by atoms with E-state index in [2.05, 4.69) is 0 Å². The Kier molecular flexibility index (Phi) is 19.8. The third-order valence-electron chi connectivity index (χ3n) is 2.37. The fraction of sp³-hybridized carbons (Fsp3) is 0.867. The maximum absolute atomic E-state index is 11.2. The molecule has 0 aromatic carbocycles. The maximum atomic E-state index is 11.2. The molecule has 2 amide bonds. The van der Waals surface area contributed by atoms with Gasteiger partial charge in [0.05, 0.1) is 6.61 Å². The third-order valence-corrected chi connectivity index (χ3v) is 3.23. The van der Waals surface area contributed by atoms with E-state index in [1.807, 2.05) is 20.8 Å². The molecule has 1 saturated heterocycles. The van der Waals surface area contributed by atoms with Crippen LogP contribution in [0.1, 0.15) is 47.0 Å². The fourth-order valence-corrected chi connectivity index (χ4v) is 2.03. The van der Waals surface area contributed by atoms with E-state index in [1.165, 1.54) is 16.9 Å². The largest absolute Gasteiger partial charge is 0.397 e. The Morgan fingerprint density at radius 3 is 1.91 bits per heavy atom. The summed E-state index contributed by atoms with van der Waals surface area (Å²) in [5.74, 6) is 0.762. The normalized spacial score (nSPS) is 13.4. The second-order valence-electron chi connectivity index (χ2n) is 4.12. The molecule has 0 aromatic rings. The van der Waals surface area contributed by atoms with Gasteiger partial charge in [0.15, 0.2) is 0 Å². The van der Waals surface area contributed by atoms with Crippen molar-refractivity contribution in [2.45, 2.75) is 47.0 Å². The second-order valence-corrected chi connectivity index (χ2v) is 5.00. The molecule has 0 aliphatic carbocycles. The summed E-state index contributed by atoms with van der Waals surface area (Å²) in [7, 11) is 0. The van der Waals surface area contributed by atoms with Gasteiger partial charge in [0.2, 0.25) is 11.8 Å². The van der Waals surface area contributed by atoms with Crippen molar-refractivity contribution in [2.75, 3.05) is 38.7 Å². The minimum absolute atomic E-state index is 0.0311. The van der Waals surface area contributed by atoms with Gasteiger partial charge in [-0.3, -0.25) is 14.5 Å². The van der Waals surface area contributed by atoms with Crippen LogP contribution in [0, 0.1) is 0 Å². The Morgan fingerprint density at radius 2 is 1.55 bits per heavy atom. The van der Waals surface area contributed by atoms with Crippen molar-refractivity contribution in [2.24, 2.45) is 0 Å². The zero-order chi connectivity index (χ0) is 17.2. The molecule has 1 fully saturated rings. The van der Waals surface area contributed by atoms with Crippen LogP contribution in [0.25, 0.3) is 0 Å². The van der Waals surface area contributed by atoms with Gasteiger partial charge in [0, 0.05) is 45.0 Å². The Hall–Kier alpha value is -0.630. The van der Waals surface area contributed by atoms with Crippen LogP contribution in [0.2, 0.25) is 0 Å². The SMILES string of the molecule is CCO.CCOCC.CCOSCCCN1C(=O)CCC1=O. The van der Waals surface area contributed by atoms with E-state index in [0.29, 0.717) is 26.0 Å². The molecule has 0 bridgehead atoms. The quantitative estimate of drug-likeness (QED) is 0.416. The van der Waals surface area contributed by atoms with Crippen molar-refractivity contribution >= 4 is 23.9 Å². The number of carbonyl (C=O) groups is 2. The molecule has 22 heavy (non-hydrogen) atoms. The number of aliphatic hydroxyl groups excluding tert-OH is 1. The highest BCUT2D eigenvalue weighted by molar-refractivity contribution is 7.94. The first-order valence-electron chi connectivity index (χ1n) is 7.84. The van der Waals surface area contributed by atoms with Crippen LogP contribution in [0.3, 0.4) is 0 Å². The molecular formula is C15H31NO5S. The van der Waals surface area contributed by atoms with Crippen LogP contribution in [0.4, 0.5) is 0 Å². The summed E-state index contributed by atoms with van der Waals surface area (Å²) in [4.78, 5) is 23.7. The zero-order valence-electron chi connectivity index (χ0n) is 14.3. The van der Waals surface area contributed by atoms with E-state index >= 15 is 0 Å². The van der Waals surface area contributed by atoms with Crippen LogP contribution in [0.5, 0.6) is 0 Å². The molecule has 1 heterocycles. The Bertz CT molecular complexity index is 259. The molecule has 1 aliphatic rings. The number of likely N-dealkylation sites (tertiary alicyclic amines) is 1. The lowest BCUT2D eigenvalue weighted by atomic mass is 10.4. The van der Waals surface area contributed by atoms with Crippen LogP contribution < -0.4 is 0 Å².